The van der Waals surface area contributed by atoms with E-state index >= 15 is 0 Å². The van der Waals surface area contributed by atoms with Gasteiger partial charge < -0.3 is 24.0 Å². The zero-order valence-electron chi connectivity index (χ0n) is 24.2. The number of fused-ring (bicyclic) bond motifs is 3. The number of anilines is 1. The number of carboxylic acid groups (broad SMARTS) is 1. The SMILES string of the molecule is N#Cc1ccc(COc2cccc(N3CC4CCC(C3)N4Cc3nc4ccc(C(=O)O)cc4n3C[C@@H]3CCCO3)n2)c(F)c1. The number of ether oxygens (including phenoxy) is 2. The van der Waals surface area contributed by atoms with Crippen molar-refractivity contribution in [2.45, 2.75) is 63.6 Å². The van der Waals surface area contributed by atoms with E-state index in [0.717, 1.165) is 68.1 Å². The first-order valence-electron chi connectivity index (χ1n) is 15.1. The zero-order valence-corrected chi connectivity index (χ0v) is 24.2. The minimum Gasteiger partial charge on any atom is -0.478 e. The summed E-state index contributed by atoms with van der Waals surface area (Å²) in [6.45, 7) is 3.74. The number of benzene rings is 2. The van der Waals surface area contributed by atoms with E-state index in [2.05, 4.69) is 14.4 Å². The van der Waals surface area contributed by atoms with E-state index in [9.17, 15) is 14.3 Å². The van der Waals surface area contributed by atoms with Crippen LogP contribution in [0.15, 0.2) is 54.6 Å². The number of halogens is 1. The van der Waals surface area contributed by atoms with Crippen LogP contribution >= 0.6 is 0 Å². The van der Waals surface area contributed by atoms with Gasteiger partial charge in [-0.1, -0.05) is 12.1 Å². The van der Waals surface area contributed by atoms with Crippen molar-refractivity contribution in [1.29, 1.82) is 5.26 Å². The first kappa shape index (κ1) is 28.3. The molecule has 1 N–H and O–H groups in total. The van der Waals surface area contributed by atoms with Crippen LogP contribution in [0.2, 0.25) is 0 Å². The fraction of sp³-hybridized carbons (Fsp3) is 0.394. The molecule has 7 rings (SSSR count). The second-order valence-electron chi connectivity index (χ2n) is 11.8. The maximum absolute atomic E-state index is 14.3. The Morgan fingerprint density at radius 1 is 1.09 bits per heavy atom. The van der Waals surface area contributed by atoms with Gasteiger partial charge in [0.15, 0.2) is 0 Å². The molecule has 3 aliphatic rings. The number of carboxylic acids is 1. The Bertz CT molecular complexity index is 1730. The molecular weight excluding hydrogens is 563 g/mol. The molecule has 5 heterocycles. The lowest BCUT2D eigenvalue weighted by atomic mass is 10.1. The van der Waals surface area contributed by atoms with Gasteiger partial charge in [-0.05, 0) is 62.1 Å². The number of pyridine rings is 1. The Morgan fingerprint density at radius 3 is 2.66 bits per heavy atom. The Kier molecular flexibility index (Phi) is 7.62. The molecule has 0 aliphatic carbocycles. The van der Waals surface area contributed by atoms with E-state index in [1.54, 1.807) is 36.4 Å². The summed E-state index contributed by atoms with van der Waals surface area (Å²) in [4.78, 5) is 26.3. The number of imidazole rings is 1. The average molecular weight is 597 g/mol. The Hall–Kier alpha value is -4.53. The molecule has 0 saturated carbocycles. The topological polar surface area (TPSA) is 117 Å². The van der Waals surface area contributed by atoms with Gasteiger partial charge in [0, 0.05) is 43.4 Å². The van der Waals surface area contributed by atoms with Gasteiger partial charge in [-0.15, -0.1) is 0 Å². The minimum absolute atomic E-state index is 0.0217. The van der Waals surface area contributed by atoms with Crippen LogP contribution in [0.4, 0.5) is 10.2 Å². The molecule has 3 atom stereocenters. The van der Waals surface area contributed by atoms with E-state index < -0.39 is 11.8 Å². The maximum atomic E-state index is 14.3. The van der Waals surface area contributed by atoms with Gasteiger partial charge in [-0.2, -0.15) is 10.2 Å². The third-order valence-corrected chi connectivity index (χ3v) is 9.03. The number of hydrogen-bond donors (Lipinski definition) is 1. The third-order valence-electron chi connectivity index (χ3n) is 9.03. The molecule has 0 radical (unpaired) electrons. The highest BCUT2D eigenvalue weighted by molar-refractivity contribution is 5.92. The molecule has 2 aromatic heterocycles. The Labute approximate surface area is 254 Å². The first-order valence-corrected chi connectivity index (χ1v) is 15.1. The van der Waals surface area contributed by atoms with E-state index in [4.69, 9.17) is 24.7 Å². The molecule has 3 aliphatic heterocycles. The number of aromatic carboxylic acids is 1. The highest BCUT2D eigenvalue weighted by Gasteiger charge is 2.41. The normalized spacial score (nSPS) is 21.5. The van der Waals surface area contributed by atoms with Gasteiger partial charge in [0.05, 0.1) is 47.4 Å². The quantitative estimate of drug-likeness (QED) is 0.292. The van der Waals surface area contributed by atoms with Crippen LogP contribution in [0.5, 0.6) is 5.88 Å². The maximum Gasteiger partial charge on any atom is 0.335 e. The van der Waals surface area contributed by atoms with Crippen LogP contribution < -0.4 is 9.64 Å². The molecule has 226 valence electrons. The van der Waals surface area contributed by atoms with E-state index in [-0.39, 0.29) is 23.8 Å². The molecule has 3 fully saturated rings. The van der Waals surface area contributed by atoms with Crippen molar-refractivity contribution in [2.24, 2.45) is 0 Å². The van der Waals surface area contributed by atoms with Gasteiger partial charge in [0.2, 0.25) is 5.88 Å². The summed E-state index contributed by atoms with van der Waals surface area (Å²) >= 11 is 0. The number of carbonyl (C=O) groups is 1. The van der Waals surface area contributed by atoms with Crippen molar-refractivity contribution in [3.63, 3.8) is 0 Å². The van der Waals surface area contributed by atoms with Crippen LogP contribution in [-0.2, 0) is 24.4 Å². The molecule has 4 aromatic rings. The van der Waals surface area contributed by atoms with Crippen LogP contribution in [-0.4, -0.2) is 68.4 Å². The van der Waals surface area contributed by atoms with Crippen molar-refractivity contribution in [2.75, 3.05) is 24.6 Å². The number of aromatic nitrogens is 3. The summed E-state index contributed by atoms with van der Waals surface area (Å²) in [5.41, 5.74) is 2.53. The Morgan fingerprint density at radius 2 is 1.93 bits per heavy atom. The predicted molar refractivity (Wildman–Crippen MR) is 160 cm³/mol. The molecule has 0 amide bonds. The smallest absolute Gasteiger partial charge is 0.335 e. The second-order valence-corrected chi connectivity index (χ2v) is 11.8. The average Bonchev–Trinajstić information content (AvgIpc) is 3.73. The lowest BCUT2D eigenvalue weighted by Gasteiger charge is -2.41. The summed E-state index contributed by atoms with van der Waals surface area (Å²) in [6.07, 6.45) is 4.27. The Balaban J connectivity index is 1.07. The summed E-state index contributed by atoms with van der Waals surface area (Å²) in [6, 6.07) is 17.7. The second kappa shape index (κ2) is 11.9. The fourth-order valence-electron chi connectivity index (χ4n) is 6.77. The number of piperazine rings is 1. The van der Waals surface area contributed by atoms with Gasteiger partial charge in [-0.3, -0.25) is 4.90 Å². The molecular formula is C33H33FN6O4. The molecule has 3 saturated heterocycles. The monoisotopic (exact) mass is 596 g/mol. The third kappa shape index (κ3) is 5.58. The number of nitrogens with zero attached hydrogens (tertiary/aromatic N) is 6. The van der Waals surface area contributed by atoms with Crippen molar-refractivity contribution in [1.82, 2.24) is 19.4 Å². The van der Waals surface area contributed by atoms with Gasteiger partial charge >= 0.3 is 5.97 Å². The fourth-order valence-corrected chi connectivity index (χ4v) is 6.77. The van der Waals surface area contributed by atoms with Crippen molar-refractivity contribution < 1.29 is 23.8 Å². The van der Waals surface area contributed by atoms with Gasteiger partial charge in [-0.25, -0.2) is 14.2 Å². The lowest BCUT2D eigenvalue weighted by molar-refractivity contribution is 0.0697. The molecule has 2 bridgehead atoms. The summed E-state index contributed by atoms with van der Waals surface area (Å²) in [5.74, 6) is 0.763. The summed E-state index contributed by atoms with van der Waals surface area (Å²) < 4.78 is 28.3. The van der Waals surface area contributed by atoms with Crippen LogP contribution in [0.3, 0.4) is 0 Å². The highest BCUT2D eigenvalue weighted by atomic mass is 19.1. The number of rotatable bonds is 9. The van der Waals surface area contributed by atoms with Crippen molar-refractivity contribution in [3.05, 3.63) is 82.9 Å². The minimum atomic E-state index is -0.947. The molecule has 2 aromatic carbocycles. The van der Waals surface area contributed by atoms with Crippen molar-refractivity contribution in [3.8, 4) is 11.9 Å². The standard InChI is InChI=1S/C33H33FN6O4/c34-27-13-21(15-35)6-7-23(27)20-44-32-5-1-4-30(37-32)38-16-24-9-10-25(17-38)39(24)19-31-36-28-11-8-22(33(41)42)14-29(28)40(31)18-26-3-2-12-43-26/h1,4-8,11,13-14,24-26H,2-3,9-10,12,16-20H2,(H,41,42)/t24?,25?,26-/m0/s1. The van der Waals surface area contributed by atoms with Gasteiger partial charge in [0.25, 0.3) is 0 Å². The van der Waals surface area contributed by atoms with Crippen molar-refractivity contribution >= 4 is 22.8 Å². The number of hydrogen-bond acceptors (Lipinski definition) is 8. The highest BCUT2D eigenvalue weighted by Crippen LogP contribution is 2.34. The van der Waals surface area contributed by atoms with E-state index in [0.29, 0.717) is 36.6 Å². The predicted octanol–water partition coefficient (Wildman–Crippen LogP) is 4.75. The molecule has 0 spiro atoms. The van der Waals surface area contributed by atoms with E-state index in [1.165, 1.54) is 6.07 Å². The van der Waals surface area contributed by atoms with E-state index in [1.807, 2.05) is 18.2 Å². The molecule has 11 heteroatoms. The summed E-state index contributed by atoms with van der Waals surface area (Å²) in [7, 11) is 0. The molecule has 10 nitrogen and oxygen atoms in total. The zero-order chi connectivity index (χ0) is 30.2. The molecule has 2 unspecified atom stereocenters. The first-order chi connectivity index (χ1) is 21.4. The molecule has 44 heavy (non-hydrogen) atoms. The van der Waals surface area contributed by atoms with Gasteiger partial charge in [0.1, 0.15) is 24.1 Å². The summed E-state index contributed by atoms with van der Waals surface area (Å²) in [5, 5.41) is 18.6. The largest absolute Gasteiger partial charge is 0.478 e. The number of nitriles is 1. The van der Waals surface area contributed by atoms with Crippen LogP contribution in [0.25, 0.3) is 11.0 Å². The van der Waals surface area contributed by atoms with Crippen LogP contribution in [0, 0.1) is 17.1 Å². The van der Waals surface area contributed by atoms with Crippen LogP contribution in [0.1, 0.15) is 53.0 Å². The lowest BCUT2D eigenvalue weighted by Crippen LogP contribution is -2.53.